The van der Waals surface area contributed by atoms with Crippen LogP contribution in [0, 0.1) is 0 Å². The Balaban J connectivity index is 1.79. The highest BCUT2D eigenvalue weighted by Gasteiger charge is 2.26. The number of sulfonamides is 1. The molecule has 0 saturated carbocycles. The van der Waals surface area contributed by atoms with E-state index in [0.717, 1.165) is 18.8 Å². The first-order valence-corrected chi connectivity index (χ1v) is 10.0. The maximum atomic E-state index is 12.6. The molecule has 1 aliphatic rings. The van der Waals surface area contributed by atoms with E-state index < -0.39 is 10.0 Å². The molecule has 0 unspecified atom stereocenters. The van der Waals surface area contributed by atoms with Crippen molar-refractivity contribution < 1.29 is 13.2 Å². The second-order valence-corrected chi connectivity index (χ2v) is 8.22. The molecule has 1 aliphatic heterocycles. The van der Waals surface area contributed by atoms with Gasteiger partial charge in [-0.2, -0.15) is 0 Å². The lowest BCUT2D eigenvalue weighted by Gasteiger charge is -2.34. The Labute approximate surface area is 153 Å². The smallest absolute Gasteiger partial charge is 0.240 e. The zero-order chi connectivity index (χ0) is 17.9. The second-order valence-electron chi connectivity index (χ2n) is 6.02. The molecule has 1 N–H and O–H groups in total. The van der Waals surface area contributed by atoms with Gasteiger partial charge in [-0.3, -0.25) is 4.90 Å². The maximum absolute atomic E-state index is 12.6. The van der Waals surface area contributed by atoms with Gasteiger partial charge in [0.25, 0.3) is 0 Å². The van der Waals surface area contributed by atoms with Crippen LogP contribution in [0.3, 0.4) is 0 Å². The topological polar surface area (TPSA) is 63.6 Å². The van der Waals surface area contributed by atoms with Crippen LogP contribution in [0.5, 0.6) is 0 Å². The van der Waals surface area contributed by atoms with Gasteiger partial charge >= 0.3 is 0 Å². The highest BCUT2D eigenvalue weighted by Crippen LogP contribution is 2.22. The summed E-state index contributed by atoms with van der Waals surface area (Å²) in [5.74, 6) is 0. The minimum Gasteiger partial charge on any atom is -0.379 e. The summed E-state index contributed by atoms with van der Waals surface area (Å²) in [6.45, 7) is 3.14. The Kier molecular flexibility index (Phi) is 5.81. The Morgan fingerprint density at radius 1 is 1.24 bits per heavy atom. The number of aromatic nitrogens is 1. The summed E-state index contributed by atoms with van der Waals surface area (Å²) in [5.41, 5.74) is 1.07. The van der Waals surface area contributed by atoms with Gasteiger partial charge in [0.1, 0.15) is 0 Å². The first kappa shape index (κ1) is 18.4. The SMILES string of the molecule is Cn1cccc1[C@H](CNS(=O)(=O)c1cccc(Cl)c1)N1CCOCC1. The molecule has 1 saturated heterocycles. The Bertz CT molecular complexity index is 816. The van der Waals surface area contributed by atoms with Crippen molar-refractivity contribution in [3.63, 3.8) is 0 Å². The van der Waals surface area contributed by atoms with Gasteiger partial charge in [0, 0.05) is 43.6 Å². The van der Waals surface area contributed by atoms with E-state index in [-0.39, 0.29) is 17.5 Å². The lowest BCUT2D eigenvalue weighted by molar-refractivity contribution is 0.0158. The van der Waals surface area contributed by atoms with Crippen molar-refractivity contribution in [1.82, 2.24) is 14.2 Å². The molecule has 1 fully saturated rings. The van der Waals surface area contributed by atoms with Crippen LogP contribution in [0.2, 0.25) is 5.02 Å². The van der Waals surface area contributed by atoms with Crippen molar-refractivity contribution >= 4 is 21.6 Å². The van der Waals surface area contributed by atoms with Gasteiger partial charge < -0.3 is 9.30 Å². The van der Waals surface area contributed by atoms with Crippen LogP contribution in [0.1, 0.15) is 11.7 Å². The van der Waals surface area contributed by atoms with Crippen molar-refractivity contribution in [2.24, 2.45) is 7.05 Å². The molecule has 1 atom stereocenters. The average Bonchev–Trinajstić information content (AvgIpc) is 3.02. The Morgan fingerprint density at radius 2 is 2.00 bits per heavy atom. The predicted octanol–water partition coefficient (Wildman–Crippen LogP) is 2.03. The summed E-state index contributed by atoms with van der Waals surface area (Å²) in [4.78, 5) is 2.42. The van der Waals surface area contributed by atoms with E-state index in [0.29, 0.717) is 18.2 Å². The Morgan fingerprint density at radius 3 is 2.64 bits per heavy atom. The molecule has 0 radical (unpaired) electrons. The molecule has 1 aromatic carbocycles. The third-order valence-corrected chi connectivity index (χ3v) is 6.04. The van der Waals surface area contributed by atoms with Crippen LogP contribution in [0.4, 0.5) is 0 Å². The molecule has 6 nitrogen and oxygen atoms in total. The zero-order valence-electron chi connectivity index (χ0n) is 14.1. The fraction of sp³-hybridized carbons (Fsp3) is 0.412. The third-order valence-electron chi connectivity index (χ3n) is 4.38. The predicted molar refractivity (Wildman–Crippen MR) is 97.2 cm³/mol. The van der Waals surface area contributed by atoms with Crippen LogP contribution in [-0.4, -0.2) is 50.7 Å². The number of rotatable bonds is 6. The molecule has 0 amide bonds. The number of hydrogen-bond donors (Lipinski definition) is 1. The van der Waals surface area contributed by atoms with Gasteiger partial charge in [-0.25, -0.2) is 13.1 Å². The van der Waals surface area contributed by atoms with Crippen LogP contribution in [0.25, 0.3) is 0 Å². The number of nitrogens with zero attached hydrogens (tertiary/aromatic N) is 2. The minimum absolute atomic E-state index is 0.0575. The highest BCUT2D eigenvalue weighted by atomic mass is 35.5. The first-order valence-electron chi connectivity index (χ1n) is 8.15. The molecule has 25 heavy (non-hydrogen) atoms. The monoisotopic (exact) mass is 383 g/mol. The van der Waals surface area contributed by atoms with E-state index in [1.165, 1.54) is 6.07 Å². The Hall–Kier alpha value is -1.38. The number of hydrogen-bond acceptors (Lipinski definition) is 4. The van der Waals surface area contributed by atoms with Crippen LogP contribution >= 0.6 is 11.6 Å². The van der Waals surface area contributed by atoms with Crippen molar-refractivity contribution in [3.8, 4) is 0 Å². The fourth-order valence-electron chi connectivity index (χ4n) is 3.04. The summed E-state index contributed by atoms with van der Waals surface area (Å²) < 4.78 is 35.4. The number of benzene rings is 1. The lowest BCUT2D eigenvalue weighted by atomic mass is 10.1. The average molecular weight is 384 g/mol. The summed E-state index contributed by atoms with van der Waals surface area (Å²) in [6.07, 6.45) is 1.97. The summed E-state index contributed by atoms with van der Waals surface area (Å²) in [7, 11) is -1.66. The number of aryl methyl sites for hydroxylation is 1. The third kappa shape index (κ3) is 4.43. The standard InChI is InChI=1S/C17H22ClN3O3S/c1-20-7-3-6-16(20)17(21-8-10-24-11-9-21)13-19-25(22,23)15-5-2-4-14(18)12-15/h2-7,12,17,19H,8-11,13H2,1H3/t17-/m0/s1. The van der Waals surface area contributed by atoms with Crippen molar-refractivity contribution in [3.05, 3.63) is 53.3 Å². The van der Waals surface area contributed by atoms with E-state index in [4.69, 9.17) is 16.3 Å². The molecule has 3 rings (SSSR count). The van der Waals surface area contributed by atoms with Gasteiger partial charge in [-0.15, -0.1) is 0 Å². The largest absolute Gasteiger partial charge is 0.379 e. The van der Waals surface area contributed by atoms with Gasteiger partial charge in [0.05, 0.1) is 24.2 Å². The van der Waals surface area contributed by atoms with E-state index in [2.05, 4.69) is 9.62 Å². The summed E-state index contributed by atoms with van der Waals surface area (Å²) in [6, 6.07) is 10.2. The zero-order valence-corrected chi connectivity index (χ0v) is 15.6. The molecular formula is C17H22ClN3O3S. The van der Waals surface area contributed by atoms with Crippen LogP contribution < -0.4 is 4.72 Å². The van der Waals surface area contributed by atoms with Gasteiger partial charge in [0.15, 0.2) is 0 Å². The number of morpholine rings is 1. The molecule has 2 heterocycles. The quantitative estimate of drug-likeness (QED) is 0.829. The van der Waals surface area contributed by atoms with E-state index in [9.17, 15) is 8.42 Å². The number of ether oxygens (including phenoxy) is 1. The molecule has 1 aromatic heterocycles. The molecule has 0 spiro atoms. The van der Waals surface area contributed by atoms with E-state index >= 15 is 0 Å². The van der Waals surface area contributed by atoms with Crippen LogP contribution in [0.15, 0.2) is 47.5 Å². The normalized spacial score (nSPS) is 17.5. The van der Waals surface area contributed by atoms with Crippen molar-refractivity contribution in [2.75, 3.05) is 32.8 Å². The second kappa shape index (κ2) is 7.88. The van der Waals surface area contributed by atoms with E-state index in [1.807, 2.05) is 29.9 Å². The number of halogens is 1. The van der Waals surface area contributed by atoms with E-state index in [1.54, 1.807) is 18.2 Å². The van der Waals surface area contributed by atoms with Gasteiger partial charge in [-0.05, 0) is 30.3 Å². The molecule has 0 bridgehead atoms. The van der Waals surface area contributed by atoms with Crippen molar-refractivity contribution in [1.29, 1.82) is 0 Å². The van der Waals surface area contributed by atoms with Crippen molar-refractivity contribution in [2.45, 2.75) is 10.9 Å². The molecule has 0 aliphatic carbocycles. The van der Waals surface area contributed by atoms with Crippen LogP contribution in [-0.2, 0) is 21.8 Å². The molecule has 8 heteroatoms. The molecular weight excluding hydrogens is 362 g/mol. The molecule has 2 aromatic rings. The molecule has 136 valence electrons. The summed E-state index contributed by atoms with van der Waals surface area (Å²) >= 11 is 5.92. The fourth-order valence-corrected chi connectivity index (χ4v) is 4.38. The summed E-state index contributed by atoms with van der Waals surface area (Å²) in [5, 5.41) is 0.398. The first-order chi connectivity index (χ1) is 12.0. The number of nitrogens with one attached hydrogen (secondary N) is 1. The minimum atomic E-state index is -3.62. The maximum Gasteiger partial charge on any atom is 0.240 e. The van der Waals surface area contributed by atoms with Gasteiger partial charge in [0.2, 0.25) is 10.0 Å². The lowest BCUT2D eigenvalue weighted by Crippen LogP contribution is -2.44. The highest BCUT2D eigenvalue weighted by molar-refractivity contribution is 7.89. The van der Waals surface area contributed by atoms with Gasteiger partial charge in [-0.1, -0.05) is 17.7 Å².